The second-order valence-corrected chi connectivity index (χ2v) is 8.63. The minimum Gasteiger partial charge on any atom is -0.491 e. The maximum atomic E-state index is 11.4. The summed E-state index contributed by atoms with van der Waals surface area (Å²) in [6, 6.07) is 3.81. The Morgan fingerprint density at radius 3 is 2.25 bits per heavy atom. The van der Waals surface area contributed by atoms with Crippen molar-refractivity contribution in [2.24, 2.45) is 0 Å². The molecule has 112 valence electrons. The van der Waals surface area contributed by atoms with Crippen LogP contribution in [0.4, 0.5) is 0 Å². The molecule has 1 aromatic carbocycles. The van der Waals surface area contributed by atoms with Gasteiger partial charge < -0.3 is 9.84 Å². The average Bonchev–Trinajstić information content (AvgIpc) is 2.38. The Balaban J connectivity index is 2.02. The molecule has 0 amide bonds. The Morgan fingerprint density at radius 2 is 1.75 bits per heavy atom. The van der Waals surface area contributed by atoms with Crippen LogP contribution in [0.5, 0.6) is 5.75 Å². The zero-order chi connectivity index (χ0) is 15.0. The molecule has 1 fully saturated rings. The molecule has 0 atom stereocenters. The monoisotopic (exact) mass is 362 g/mol. The Kier molecular flexibility index (Phi) is 4.47. The first-order chi connectivity index (χ1) is 9.21. The normalized spacial score (nSPS) is 20.6. The number of ether oxygens (including phenoxy) is 1. The van der Waals surface area contributed by atoms with Crippen LogP contribution in [0.3, 0.4) is 0 Å². The quantitative estimate of drug-likeness (QED) is 0.896. The molecule has 1 heterocycles. The Morgan fingerprint density at radius 1 is 1.25 bits per heavy atom. The maximum Gasteiger partial charge on any atom is 0.150 e. The highest BCUT2D eigenvalue weighted by Crippen LogP contribution is 2.29. The molecule has 6 heteroatoms. The van der Waals surface area contributed by atoms with E-state index >= 15 is 0 Å². The van der Waals surface area contributed by atoms with Crippen LogP contribution < -0.4 is 4.74 Å². The SMILES string of the molecule is Cc1cc(OCC2(O)CCS(=O)(=O)CC2)cc(C)c1Br. The largest absolute Gasteiger partial charge is 0.491 e. The number of halogens is 1. The minimum absolute atomic E-state index is 0.0330. The average molecular weight is 363 g/mol. The third-order valence-electron chi connectivity index (χ3n) is 3.67. The number of hydrogen-bond acceptors (Lipinski definition) is 4. The number of aryl methyl sites for hydroxylation is 2. The number of sulfone groups is 1. The van der Waals surface area contributed by atoms with Gasteiger partial charge in [-0.05, 0) is 49.9 Å². The van der Waals surface area contributed by atoms with E-state index in [4.69, 9.17) is 4.74 Å². The first kappa shape index (κ1) is 15.8. The van der Waals surface area contributed by atoms with Crippen LogP contribution in [0, 0.1) is 13.8 Å². The maximum absolute atomic E-state index is 11.4. The molecule has 0 aromatic heterocycles. The summed E-state index contributed by atoms with van der Waals surface area (Å²) in [6.45, 7) is 4.08. The zero-order valence-electron chi connectivity index (χ0n) is 11.6. The Hall–Kier alpha value is -0.590. The highest BCUT2D eigenvalue weighted by molar-refractivity contribution is 9.10. The van der Waals surface area contributed by atoms with Crippen LogP contribution in [0.1, 0.15) is 24.0 Å². The fourth-order valence-corrected chi connectivity index (χ4v) is 4.08. The molecule has 0 aliphatic carbocycles. The highest BCUT2D eigenvalue weighted by atomic mass is 79.9. The lowest BCUT2D eigenvalue weighted by Crippen LogP contribution is -2.43. The van der Waals surface area contributed by atoms with Crippen molar-refractivity contribution in [3.8, 4) is 5.75 Å². The van der Waals surface area contributed by atoms with Crippen molar-refractivity contribution in [2.45, 2.75) is 32.3 Å². The Bertz CT molecular complexity index is 573. The molecular weight excluding hydrogens is 344 g/mol. The molecule has 1 aliphatic heterocycles. The molecule has 0 bridgehead atoms. The fraction of sp³-hybridized carbons (Fsp3) is 0.571. The molecule has 0 saturated carbocycles. The van der Waals surface area contributed by atoms with Gasteiger partial charge in [-0.15, -0.1) is 0 Å². The van der Waals surface area contributed by atoms with E-state index in [0.717, 1.165) is 15.6 Å². The van der Waals surface area contributed by atoms with Gasteiger partial charge in [-0.25, -0.2) is 8.42 Å². The lowest BCUT2D eigenvalue weighted by molar-refractivity contribution is -0.0128. The van der Waals surface area contributed by atoms with Gasteiger partial charge in [-0.2, -0.15) is 0 Å². The van der Waals surface area contributed by atoms with E-state index in [9.17, 15) is 13.5 Å². The fourth-order valence-electron chi connectivity index (χ4n) is 2.27. The van der Waals surface area contributed by atoms with E-state index < -0.39 is 15.4 Å². The van der Waals surface area contributed by atoms with E-state index in [1.165, 1.54) is 0 Å². The van der Waals surface area contributed by atoms with E-state index in [0.29, 0.717) is 5.75 Å². The molecule has 0 unspecified atom stereocenters. The van der Waals surface area contributed by atoms with Gasteiger partial charge in [-0.3, -0.25) is 0 Å². The number of rotatable bonds is 3. The molecular formula is C14H19BrO4S. The highest BCUT2D eigenvalue weighted by Gasteiger charge is 2.36. The van der Waals surface area contributed by atoms with Crippen LogP contribution in [-0.2, 0) is 9.84 Å². The summed E-state index contributed by atoms with van der Waals surface area (Å²) < 4.78 is 29.5. The van der Waals surface area contributed by atoms with Crippen LogP contribution in [0.2, 0.25) is 0 Å². The van der Waals surface area contributed by atoms with Gasteiger partial charge in [-0.1, -0.05) is 15.9 Å². The van der Waals surface area contributed by atoms with E-state index in [-0.39, 0.29) is 31.0 Å². The van der Waals surface area contributed by atoms with E-state index in [1.54, 1.807) is 0 Å². The molecule has 0 radical (unpaired) electrons. The third kappa shape index (κ3) is 3.74. The van der Waals surface area contributed by atoms with Gasteiger partial charge in [0.05, 0.1) is 11.5 Å². The van der Waals surface area contributed by atoms with Crippen molar-refractivity contribution in [3.63, 3.8) is 0 Å². The minimum atomic E-state index is -2.98. The van der Waals surface area contributed by atoms with Crippen LogP contribution in [0.15, 0.2) is 16.6 Å². The van der Waals surface area contributed by atoms with Crippen LogP contribution in [-0.4, -0.2) is 37.2 Å². The molecule has 1 aliphatic rings. The van der Waals surface area contributed by atoms with Crippen LogP contribution in [0.25, 0.3) is 0 Å². The molecule has 4 nitrogen and oxygen atoms in total. The zero-order valence-corrected chi connectivity index (χ0v) is 14.1. The predicted octanol–water partition coefficient (Wildman–Crippen LogP) is 2.38. The number of aliphatic hydroxyl groups is 1. The van der Waals surface area contributed by atoms with Crippen molar-refractivity contribution < 1.29 is 18.3 Å². The van der Waals surface area contributed by atoms with Crippen molar-refractivity contribution in [1.82, 2.24) is 0 Å². The van der Waals surface area contributed by atoms with E-state index in [2.05, 4.69) is 15.9 Å². The Labute approximate surface area is 128 Å². The topological polar surface area (TPSA) is 63.6 Å². The van der Waals surface area contributed by atoms with Gasteiger partial charge in [0.1, 0.15) is 18.0 Å². The first-order valence-electron chi connectivity index (χ1n) is 6.53. The van der Waals surface area contributed by atoms with Gasteiger partial charge >= 0.3 is 0 Å². The summed E-state index contributed by atoms with van der Waals surface area (Å²) in [5, 5.41) is 10.4. The van der Waals surface area contributed by atoms with Gasteiger partial charge in [0, 0.05) is 4.47 Å². The smallest absolute Gasteiger partial charge is 0.150 e. The molecule has 1 N–H and O–H groups in total. The third-order valence-corrected chi connectivity index (χ3v) is 6.58. The van der Waals surface area contributed by atoms with E-state index in [1.807, 2.05) is 26.0 Å². The lowest BCUT2D eigenvalue weighted by atomic mass is 9.98. The number of hydrogen-bond donors (Lipinski definition) is 1. The lowest BCUT2D eigenvalue weighted by Gasteiger charge is -2.31. The number of benzene rings is 1. The summed E-state index contributed by atoms with van der Waals surface area (Å²) >= 11 is 3.49. The molecule has 0 spiro atoms. The van der Waals surface area contributed by atoms with Crippen molar-refractivity contribution in [1.29, 1.82) is 0 Å². The van der Waals surface area contributed by atoms with Crippen LogP contribution >= 0.6 is 15.9 Å². The predicted molar refractivity (Wildman–Crippen MR) is 81.9 cm³/mol. The standard InChI is InChI=1S/C14H19BrO4S/c1-10-7-12(8-11(2)13(10)15)19-9-14(16)3-5-20(17,18)6-4-14/h7-8,16H,3-6,9H2,1-2H3. The molecule has 2 rings (SSSR count). The van der Waals surface area contributed by atoms with Crippen molar-refractivity contribution in [2.75, 3.05) is 18.1 Å². The first-order valence-corrected chi connectivity index (χ1v) is 9.15. The molecule has 20 heavy (non-hydrogen) atoms. The van der Waals surface area contributed by atoms with Gasteiger partial charge in [0.25, 0.3) is 0 Å². The summed E-state index contributed by atoms with van der Waals surface area (Å²) in [5.41, 5.74) is 1.09. The second-order valence-electron chi connectivity index (χ2n) is 5.54. The van der Waals surface area contributed by atoms with Crippen molar-refractivity contribution >= 4 is 25.8 Å². The molecule has 1 saturated heterocycles. The summed E-state index contributed by atoms with van der Waals surface area (Å²) in [7, 11) is -2.98. The summed E-state index contributed by atoms with van der Waals surface area (Å²) in [4.78, 5) is 0. The van der Waals surface area contributed by atoms with Gasteiger partial charge in [0.2, 0.25) is 0 Å². The summed E-state index contributed by atoms with van der Waals surface area (Å²) in [6.07, 6.45) is 0.480. The second kappa shape index (κ2) is 5.66. The summed E-state index contributed by atoms with van der Waals surface area (Å²) in [5.74, 6) is 0.765. The molecule has 1 aromatic rings. The van der Waals surface area contributed by atoms with Gasteiger partial charge in [0.15, 0.2) is 9.84 Å². The van der Waals surface area contributed by atoms with Crippen molar-refractivity contribution in [3.05, 3.63) is 27.7 Å².